The normalized spacial score (nSPS) is 20.9. The number of piperidine rings is 1. The lowest BCUT2D eigenvalue weighted by Gasteiger charge is -2.21. The Morgan fingerprint density at radius 1 is 1.35 bits per heavy atom. The quantitative estimate of drug-likeness (QED) is 0.862. The third-order valence-corrected chi connectivity index (χ3v) is 3.75. The number of hydrogen-bond donors (Lipinski definition) is 1. The smallest absolute Gasteiger partial charge is 0.155 e. The van der Waals surface area contributed by atoms with Crippen LogP contribution in [-0.4, -0.2) is 22.5 Å². The van der Waals surface area contributed by atoms with E-state index in [4.69, 9.17) is 23.2 Å². The average molecular weight is 270 g/mol. The van der Waals surface area contributed by atoms with Gasteiger partial charge >= 0.3 is 0 Å². The Hall–Kier alpha value is -0.770. The van der Waals surface area contributed by atoms with Crippen LogP contribution in [0.2, 0.25) is 10.2 Å². The predicted molar refractivity (Wildman–Crippen MR) is 70.1 cm³/mol. The Balaban J connectivity index is 2.11. The van der Waals surface area contributed by atoms with Crippen LogP contribution in [0.3, 0.4) is 0 Å². The molecule has 0 aromatic carbocycles. The number of aromatic nitrogens is 2. The van der Waals surface area contributed by atoms with Crippen LogP contribution in [0.4, 0.5) is 0 Å². The summed E-state index contributed by atoms with van der Waals surface area (Å²) in [5.41, 5.74) is 0.927. The molecule has 1 aliphatic heterocycles. The van der Waals surface area contributed by atoms with Crippen LogP contribution in [0.5, 0.6) is 0 Å². The summed E-state index contributed by atoms with van der Waals surface area (Å²) in [6.45, 7) is 2.05. The minimum atomic E-state index is 0.419. The molecule has 1 unspecified atom stereocenters. The summed E-state index contributed by atoms with van der Waals surface area (Å²) >= 11 is 12.2. The fourth-order valence-corrected chi connectivity index (χ4v) is 2.81. The van der Waals surface area contributed by atoms with Gasteiger partial charge in [-0.05, 0) is 31.5 Å². The lowest BCUT2D eigenvalue weighted by Crippen LogP contribution is -2.29. The molecule has 0 spiro atoms. The van der Waals surface area contributed by atoms with Crippen molar-refractivity contribution in [1.29, 1.82) is 0 Å². The molecule has 2 aromatic rings. The zero-order valence-electron chi connectivity index (χ0n) is 9.29. The first-order valence-electron chi connectivity index (χ1n) is 5.79. The van der Waals surface area contributed by atoms with Gasteiger partial charge in [0.25, 0.3) is 0 Å². The van der Waals surface area contributed by atoms with Crippen LogP contribution in [-0.2, 0) is 0 Å². The van der Waals surface area contributed by atoms with E-state index in [2.05, 4.69) is 10.3 Å². The second kappa shape index (κ2) is 4.48. The van der Waals surface area contributed by atoms with E-state index >= 15 is 0 Å². The van der Waals surface area contributed by atoms with Crippen LogP contribution in [0.25, 0.3) is 5.52 Å². The number of hydrogen-bond acceptors (Lipinski definition) is 2. The lowest BCUT2D eigenvalue weighted by atomic mass is 9.99. The Morgan fingerprint density at radius 2 is 2.24 bits per heavy atom. The molecule has 1 aliphatic rings. The number of nitrogens with zero attached hydrogens (tertiary/aromatic N) is 2. The Bertz CT molecular complexity index is 544. The molecular weight excluding hydrogens is 257 g/mol. The van der Waals surface area contributed by atoms with Crippen LogP contribution in [0, 0.1) is 0 Å². The van der Waals surface area contributed by atoms with Crippen LogP contribution >= 0.6 is 23.2 Å². The molecule has 1 saturated heterocycles. The molecular formula is C12H13Cl2N3. The summed E-state index contributed by atoms with van der Waals surface area (Å²) < 4.78 is 2.02. The van der Waals surface area contributed by atoms with Crippen molar-refractivity contribution in [1.82, 2.24) is 14.7 Å². The third kappa shape index (κ3) is 2.03. The van der Waals surface area contributed by atoms with Gasteiger partial charge in [-0.25, -0.2) is 4.98 Å². The van der Waals surface area contributed by atoms with Crippen LogP contribution in [0.15, 0.2) is 18.3 Å². The molecule has 0 aliphatic carbocycles. The van der Waals surface area contributed by atoms with Gasteiger partial charge in [0, 0.05) is 18.7 Å². The Kier molecular flexibility index (Phi) is 2.99. The molecule has 0 bridgehead atoms. The minimum absolute atomic E-state index is 0.419. The van der Waals surface area contributed by atoms with Crippen molar-refractivity contribution in [3.63, 3.8) is 0 Å². The topological polar surface area (TPSA) is 29.3 Å². The molecule has 0 radical (unpaired) electrons. The van der Waals surface area contributed by atoms with Crippen molar-refractivity contribution in [2.45, 2.75) is 18.8 Å². The van der Waals surface area contributed by atoms with E-state index in [1.54, 1.807) is 0 Å². The first-order chi connectivity index (χ1) is 8.25. The first-order valence-corrected chi connectivity index (χ1v) is 6.55. The van der Waals surface area contributed by atoms with E-state index in [1.165, 1.54) is 6.42 Å². The zero-order valence-corrected chi connectivity index (χ0v) is 10.8. The standard InChI is InChI=1S/C12H13Cl2N3/c13-9-3-4-10-11(14)16-12(17(10)7-9)8-2-1-5-15-6-8/h3-4,7-8,15H,1-2,5-6H2. The van der Waals surface area contributed by atoms with Crippen molar-refractivity contribution in [3.05, 3.63) is 34.3 Å². The maximum atomic E-state index is 6.15. The number of pyridine rings is 1. The van der Waals surface area contributed by atoms with Crippen molar-refractivity contribution in [2.75, 3.05) is 13.1 Å². The van der Waals surface area contributed by atoms with Gasteiger partial charge < -0.3 is 9.72 Å². The number of halogens is 2. The highest BCUT2D eigenvalue weighted by atomic mass is 35.5. The number of rotatable bonds is 1. The van der Waals surface area contributed by atoms with Gasteiger partial charge in [-0.3, -0.25) is 0 Å². The van der Waals surface area contributed by atoms with Gasteiger partial charge in [-0.1, -0.05) is 23.2 Å². The molecule has 1 fully saturated rings. The molecule has 17 heavy (non-hydrogen) atoms. The van der Waals surface area contributed by atoms with Gasteiger partial charge in [-0.2, -0.15) is 0 Å². The summed E-state index contributed by atoms with van der Waals surface area (Å²) in [6, 6.07) is 3.75. The van der Waals surface area contributed by atoms with E-state index < -0.39 is 0 Å². The fourth-order valence-electron chi connectivity index (χ4n) is 2.40. The van der Waals surface area contributed by atoms with Gasteiger partial charge in [0.15, 0.2) is 5.15 Å². The molecule has 1 atom stereocenters. The number of nitrogens with one attached hydrogen (secondary N) is 1. The SMILES string of the molecule is Clc1ccc2c(Cl)nc(C3CCCNC3)n2c1. The van der Waals surface area contributed by atoms with Crippen molar-refractivity contribution < 1.29 is 0 Å². The minimum Gasteiger partial charge on any atom is -0.316 e. The molecule has 5 heteroatoms. The van der Waals surface area contributed by atoms with Gasteiger partial charge in [0.2, 0.25) is 0 Å². The molecule has 3 nitrogen and oxygen atoms in total. The second-order valence-electron chi connectivity index (χ2n) is 4.41. The first kappa shape index (κ1) is 11.3. The monoisotopic (exact) mass is 269 g/mol. The highest BCUT2D eigenvalue weighted by Crippen LogP contribution is 2.28. The maximum Gasteiger partial charge on any atom is 0.155 e. The van der Waals surface area contributed by atoms with Crippen molar-refractivity contribution >= 4 is 28.7 Å². The fraction of sp³-hybridized carbons (Fsp3) is 0.417. The van der Waals surface area contributed by atoms with Crippen molar-refractivity contribution in [2.24, 2.45) is 0 Å². The molecule has 2 aromatic heterocycles. The summed E-state index contributed by atoms with van der Waals surface area (Å²) in [5.74, 6) is 1.43. The summed E-state index contributed by atoms with van der Waals surface area (Å²) in [6.07, 6.45) is 4.21. The van der Waals surface area contributed by atoms with E-state index in [0.717, 1.165) is 30.9 Å². The van der Waals surface area contributed by atoms with Crippen molar-refractivity contribution in [3.8, 4) is 0 Å². The number of fused-ring (bicyclic) bond motifs is 1. The number of imidazole rings is 1. The van der Waals surface area contributed by atoms with Gasteiger partial charge in [-0.15, -0.1) is 0 Å². The maximum absolute atomic E-state index is 6.15. The Labute approximate surface area is 110 Å². The molecule has 0 saturated carbocycles. The van der Waals surface area contributed by atoms with E-state index in [9.17, 15) is 0 Å². The summed E-state index contributed by atoms with van der Waals surface area (Å²) in [4.78, 5) is 4.48. The largest absolute Gasteiger partial charge is 0.316 e. The molecule has 3 rings (SSSR count). The second-order valence-corrected chi connectivity index (χ2v) is 5.20. The third-order valence-electron chi connectivity index (χ3n) is 3.25. The highest BCUT2D eigenvalue weighted by Gasteiger charge is 2.21. The van der Waals surface area contributed by atoms with Crippen LogP contribution in [0.1, 0.15) is 24.6 Å². The van der Waals surface area contributed by atoms with Crippen LogP contribution < -0.4 is 5.32 Å². The van der Waals surface area contributed by atoms with Gasteiger partial charge in [0.05, 0.1) is 10.5 Å². The molecule has 0 amide bonds. The predicted octanol–water partition coefficient (Wildman–Crippen LogP) is 3.11. The van der Waals surface area contributed by atoms with E-state index in [1.807, 2.05) is 22.7 Å². The molecule has 90 valence electrons. The highest BCUT2D eigenvalue weighted by molar-refractivity contribution is 6.33. The summed E-state index contributed by atoms with van der Waals surface area (Å²) in [5, 5.41) is 4.66. The molecule has 3 heterocycles. The molecule has 1 N–H and O–H groups in total. The van der Waals surface area contributed by atoms with Gasteiger partial charge in [0.1, 0.15) is 5.82 Å². The Morgan fingerprint density at radius 3 is 3.00 bits per heavy atom. The zero-order chi connectivity index (χ0) is 11.8. The van der Waals surface area contributed by atoms with E-state index in [-0.39, 0.29) is 0 Å². The van der Waals surface area contributed by atoms with E-state index in [0.29, 0.717) is 16.1 Å². The lowest BCUT2D eigenvalue weighted by molar-refractivity contribution is 0.445. The summed E-state index contributed by atoms with van der Waals surface area (Å²) in [7, 11) is 0. The average Bonchev–Trinajstić information content (AvgIpc) is 2.67.